The molecular weight excluding hydrogens is 371 g/mol. The molecule has 0 aliphatic heterocycles. The average molecular weight is 383 g/mol. The van der Waals surface area contributed by atoms with Gasteiger partial charge in [0.05, 0.1) is 26.2 Å². The standard InChI is InChI=1S/C16H12Cl2N2OS2/c1-9(15(21)19-12-5-3-2-4-11(12)18)22-16-20-13-8-10(17)6-7-14(13)23-16/h2-9H,1H3,(H,19,21). The van der Waals surface area contributed by atoms with E-state index < -0.39 is 0 Å². The van der Waals surface area contributed by atoms with E-state index in [1.807, 2.05) is 37.3 Å². The maximum atomic E-state index is 12.3. The molecule has 3 nitrogen and oxygen atoms in total. The number of carbonyl (C=O) groups excluding carboxylic acids is 1. The van der Waals surface area contributed by atoms with Crippen molar-refractivity contribution in [2.75, 3.05) is 5.32 Å². The molecular formula is C16H12Cl2N2OS2. The van der Waals surface area contributed by atoms with Gasteiger partial charge in [0, 0.05) is 5.02 Å². The summed E-state index contributed by atoms with van der Waals surface area (Å²) in [5.74, 6) is -0.111. The summed E-state index contributed by atoms with van der Waals surface area (Å²) in [6, 6.07) is 12.8. The zero-order valence-corrected chi connectivity index (χ0v) is 15.2. The summed E-state index contributed by atoms with van der Waals surface area (Å²) in [6.07, 6.45) is 0. The first-order chi connectivity index (χ1) is 11.0. The number of fused-ring (bicyclic) bond motifs is 1. The number of nitrogens with one attached hydrogen (secondary N) is 1. The van der Waals surface area contributed by atoms with Gasteiger partial charge in [-0.05, 0) is 37.3 Å². The summed E-state index contributed by atoms with van der Waals surface area (Å²) in [6.45, 7) is 1.84. The van der Waals surface area contributed by atoms with Crippen LogP contribution in [0.1, 0.15) is 6.92 Å². The Morgan fingerprint density at radius 3 is 2.83 bits per heavy atom. The Labute approximate surface area is 152 Å². The number of thioether (sulfide) groups is 1. The summed E-state index contributed by atoms with van der Waals surface area (Å²) < 4.78 is 1.89. The van der Waals surface area contributed by atoms with Gasteiger partial charge in [0.1, 0.15) is 0 Å². The SMILES string of the molecule is CC(Sc1nc2cc(Cl)ccc2s1)C(=O)Nc1ccccc1Cl. The van der Waals surface area contributed by atoms with E-state index in [0.29, 0.717) is 15.7 Å². The van der Waals surface area contributed by atoms with Gasteiger partial charge in [-0.25, -0.2) is 4.98 Å². The Morgan fingerprint density at radius 2 is 2.04 bits per heavy atom. The van der Waals surface area contributed by atoms with Crippen LogP contribution < -0.4 is 5.32 Å². The van der Waals surface area contributed by atoms with E-state index in [4.69, 9.17) is 23.2 Å². The van der Waals surface area contributed by atoms with Crippen LogP contribution in [0.3, 0.4) is 0 Å². The molecule has 0 spiro atoms. The summed E-state index contributed by atoms with van der Waals surface area (Å²) in [4.78, 5) is 16.8. The summed E-state index contributed by atoms with van der Waals surface area (Å²) in [7, 11) is 0. The van der Waals surface area contributed by atoms with Gasteiger partial charge >= 0.3 is 0 Å². The minimum absolute atomic E-state index is 0.111. The van der Waals surface area contributed by atoms with Gasteiger partial charge < -0.3 is 5.32 Å². The lowest BCUT2D eigenvalue weighted by molar-refractivity contribution is -0.115. The summed E-state index contributed by atoms with van der Waals surface area (Å²) in [5.41, 5.74) is 1.46. The minimum Gasteiger partial charge on any atom is -0.324 e. The highest BCUT2D eigenvalue weighted by Crippen LogP contribution is 2.33. The van der Waals surface area contributed by atoms with Crippen LogP contribution in [0.5, 0.6) is 0 Å². The third kappa shape index (κ3) is 3.98. The third-order valence-corrected chi connectivity index (χ3v) is 5.90. The summed E-state index contributed by atoms with van der Waals surface area (Å²) >= 11 is 15.0. The molecule has 1 atom stereocenters. The number of benzene rings is 2. The van der Waals surface area contributed by atoms with Crippen LogP contribution in [-0.2, 0) is 4.79 Å². The quantitative estimate of drug-likeness (QED) is 0.586. The first-order valence-electron chi connectivity index (χ1n) is 6.81. The van der Waals surface area contributed by atoms with Crippen molar-refractivity contribution in [3.63, 3.8) is 0 Å². The van der Waals surface area contributed by atoms with Crippen LogP contribution in [0.15, 0.2) is 46.8 Å². The van der Waals surface area contributed by atoms with Crippen LogP contribution in [-0.4, -0.2) is 16.1 Å². The highest BCUT2D eigenvalue weighted by molar-refractivity contribution is 8.02. The molecule has 1 aromatic heterocycles. The number of carbonyl (C=O) groups is 1. The molecule has 2 aromatic carbocycles. The smallest absolute Gasteiger partial charge is 0.237 e. The predicted octanol–water partition coefficient (Wildman–Crippen LogP) is 5.72. The minimum atomic E-state index is -0.290. The number of hydrogen-bond donors (Lipinski definition) is 1. The molecule has 0 fully saturated rings. The van der Waals surface area contributed by atoms with E-state index in [9.17, 15) is 4.79 Å². The second-order valence-corrected chi connectivity index (χ2v) is 8.28. The molecule has 3 rings (SSSR count). The number of amides is 1. The Hall–Kier alpha value is -1.27. The van der Waals surface area contributed by atoms with Crippen LogP contribution in [0.25, 0.3) is 10.2 Å². The van der Waals surface area contributed by atoms with Crippen molar-refractivity contribution in [2.45, 2.75) is 16.5 Å². The molecule has 23 heavy (non-hydrogen) atoms. The van der Waals surface area contributed by atoms with Crippen molar-refractivity contribution in [2.24, 2.45) is 0 Å². The lowest BCUT2D eigenvalue weighted by Gasteiger charge is -2.11. The highest BCUT2D eigenvalue weighted by Gasteiger charge is 2.18. The average Bonchev–Trinajstić information content (AvgIpc) is 2.90. The lowest BCUT2D eigenvalue weighted by Crippen LogP contribution is -2.22. The molecule has 1 N–H and O–H groups in total. The third-order valence-electron chi connectivity index (χ3n) is 3.11. The molecule has 0 aliphatic carbocycles. The van der Waals surface area contributed by atoms with Crippen LogP contribution in [0.4, 0.5) is 5.69 Å². The number of anilines is 1. The predicted molar refractivity (Wildman–Crippen MR) is 100 cm³/mol. The number of rotatable bonds is 4. The van der Waals surface area contributed by atoms with E-state index in [-0.39, 0.29) is 11.2 Å². The van der Waals surface area contributed by atoms with Crippen molar-refractivity contribution in [3.8, 4) is 0 Å². The molecule has 3 aromatic rings. The maximum Gasteiger partial charge on any atom is 0.237 e. The fourth-order valence-corrected chi connectivity index (χ4v) is 4.47. The second-order valence-electron chi connectivity index (χ2n) is 4.82. The van der Waals surface area contributed by atoms with Gasteiger partial charge in [-0.3, -0.25) is 4.79 Å². The lowest BCUT2D eigenvalue weighted by atomic mass is 10.3. The van der Waals surface area contributed by atoms with Crippen molar-refractivity contribution in [1.29, 1.82) is 0 Å². The normalized spacial score (nSPS) is 12.3. The van der Waals surface area contributed by atoms with Crippen LogP contribution >= 0.6 is 46.3 Å². The van der Waals surface area contributed by atoms with E-state index in [1.165, 1.54) is 11.8 Å². The molecule has 0 saturated carbocycles. The molecule has 1 amide bonds. The first kappa shape index (κ1) is 16.6. The number of nitrogens with zero attached hydrogens (tertiary/aromatic N) is 1. The van der Waals surface area contributed by atoms with Crippen molar-refractivity contribution in [3.05, 3.63) is 52.5 Å². The fourth-order valence-electron chi connectivity index (χ4n) is 1.93. The zero-order valence-electron chi connectivity index (χ0n) is 12.0. The van der Waals surface area contributed by atoms with E-state index >= 15 is 0 Å². The number of halogens is 2. The van der Waals surface area contributed by atoms with Gasteiger partial charge in [-0.1, -0.05) is 47.1 Å². The Balaban J connectivity index is 1.71. The van der Waals surface area contributed by atoms with Crippen molar-refractivity contribution in [1.82, 2.24) is 4.98 Å². The Kier molecular flexibility index (Phi) is 5.11. The molecule has 1 heterocycles. The Morgan fingerprint density at radius 1 is 1.26 bits per heavy atom. The molecule has 1 unspecified atom stereocenters. The largest absolute Gasteiger partial charge is 0.324 e. The molecule has 7 heteroatoms. The Bertz CT molecular complexity index is 866. The molecule has 0 radical (unpaired) electrons. The molecule has 0 aliphatic rings. The van der Waals surface area contributed by atoms with E-state index in [1.54, 1.807) is 23.5 Å². The monoisotopic (exact) mass is 382 g/mol. The van der Waals surface area contributed by atoms with Crippen LogP contribution in [0.2, 0.25) is 10.0 Å². The maximum absolute atomic E-state index is 12.3. The van der Waals surface area contributed by atoms with Gasteiger partial charge in [0.15, 0.2) is 4.34 Å². The van der Waals surface area contributed by atoms with E-state index in [0.717, 1.165) is 14.6 Å². The number of hydrogen-bond acceptors (Lipinski definition) is 4. The van der Waals surface area contributed by atoms with Gasteiger partial charge in [0.25, 0.3) is 0 Å². The number of para-hydroxylation sites is 1. The second kappa shape index (κ2) is 7.09. The van der Waals surface area contributed by atoms with Crippen molar-refractivity contribution >= 4 is 68.1 Å². The number of aromatic nitrogens is 1. The van der Waals surface area contributed by atoms with Gasteiger partial charge in [0.2, 0.25) is 5.91 Å². The van der Waals surface area contributed by atoms with Gasteiger partial charge in [-0.2, -0.15) is 0 Å². The molecule has 0 bridgehead atoms. The zero-order chi connectivity index (χ0) is 16.4. The molecule has 0 saturated heterocycles. The van der Waals surface area contributed by atoms with Crippen molar-refractivity contribution < 1.29 is 4.79 Å². The van der Waals surface area contributed by atoms with E-state index in [2.05, 4.69) is 10.3 Å². The highest BCUT2D eigenvalue weighted by atomic mass is 35.5. The van der Waals surface area contributed by atoms with Crippen LogP contribution in [0, 0.1) is 0 Å². The topological polar surface area (TPSA) is 42.0 Å². The van der Waals surface area contributed by atoms with Gasteiger partial charge in [-0.15, -0.1) is 11.3 Å². The summed E-state index contributed by atoms with van der Waals surface area (Å²) in [5, 5.41) is 3.72. The first-order valence-corrected chi connectivity index (χ1v) is 9.26. The fraction of sp³-hybridized carbons (Fsp3) is 0.125. The number of thiazole rings is 1. The molecule has 118 valence electrons.